The van der Waals surface area contributed by atoms with Gasteiger partial charge in [0, 0.05) is 31.4 Å². The first-order valence-electron chi connectivity index (χ1n) is 6.16. The molecule has 0 atom stereocenters. The summed E-state index contributed by atoms with van der Waals surface area (Å²) < 4.78 is 22.8. The Bertz CT molecular complexity index is 286. The molecule has 0 unspecified atom stereocenters. The Morgan fingerprint density at radius 2 is 1.94 bits per heavy atom. The predicted molar refractivity (Wildman–Crippen MR) is 67.5 cm³/mol. The molecule has 1 aliphatic rings. The molecule has 0 aliphatic heterocycles. The molecule has 0 saturated heterocycles. The number of hydrogen-bond acceptors (Lipinski definition) is 4. The molecule has 1 fully saturated rings. The summed E-state index contributed by atoms with van der Waals surface area (Å²) in [5.41, 5.74) is 0. The van der Waals surface area contributed by atoms with E-state index in [1.165, 1.54) is 12.8 Å². The van der Waals surface area contributed by atoms with Gasteiger partial charge in [0.05, 0.1) is 5.75 Å². The summed E-state index contributed by atoms with van der Waals surface area (Å²) in [6, 6.07) is 0.783. The lowest BCUT2D eigenvalue weighted by Crippen LogP contribution is -2.33. The summed E-state index contributed by atoms with van der Waals surface area (Å²) in [5.74, 6) is 0.588. The third kappa shape index (κ3) is 5.82. The van der Waals surface area contributed by atoms with E-state index < -0.39 is 9.84 Å². The van der Waals surface area contributed by atoms with Crippen molar-refractivity contribution < 1.29 is 8.42 Å². The first kappa shape index (κ1) is 13.9. The largest absolute Gasteiger partial charge is 0.314 e. The van der Waals surface area contributed by atoms with Gasteiger partial charge in [-0.1, -0.05) is 6.92 Å². The van der Waals surface area contributed by atoms with Gasteiger partial charge in [-0.05, 0) is 26.3 Å². The lowest BCUT2D eigenvalue weighted by atomic mass is 10.5. The zero-order valence-electron chi connectivity index (χ0n) is 10.4. The van der Waals surface area contributed by atoms with Crippen LogP contribution in [0.4, 0.5) is 0 Å². The normalized spacial score (nSPS) is 16.9. The lowest BCUT2D eigenvalue weighted by molar-refractivity contribution is 0.323. The molecule has 4 nitrogen and oxygen atoms in total. The van der Waals surface area contributed by atoms with Crippen LogP contribution in [0, 0.1) is 0 Å². The maximum Gasteiger partial charge on any atom is 0.151 e. The Morgan fingerprint density at radius 1 is 1.25 bits per heavy atom. The molecule has 1 rings (SSSR count). The molecular weight excluding hydrogens is 224 g/mol. The van der Waals surface area contributed by atoms with Crippen molar-refractivity contribution in [2.45, 2.75) is 32.2 Å². The monoisotopic (exact) mass is 248 g/mol. The van der Waals surface area contributed by atoms with Gasteiger partial charge in [-0.15, -0.1) is 0 Å². The van der Waals surface area contributed by atoms with Gasteiger partial charge < -0.3 is 10.2 Å². The average molecular weight is 248 g/mol. The van der Waals surface area contributed by atoms with E-state index in [0.717, 1.165) is 19.1 Å². The van der Waals surface area contributed by atoms with Crippen LogP contribution < -0.4 is 5.32 Å². The van der Waals surface area contributed by atoms with Crippen molar-refractivity contribution in [2.24, 2.45) is 0 Å². The first-order valence-corrected chi connectivity index (χ1v) is 7.98. The second kappa shape index (κ2) is 6.57. The topological polar surface area (TPSA) is 49.4 Å². The van der Waals surface area contributed by atoms with Crippen molar-refractivity contribution >= 4 is 9.84 Å². The van der Waals surface area contributed by atoms with E-state index >= 15 is 0 Å². The molecule has 0 radical (unpaired) electrons. The second-order valence-electron chi connectivity index (χ2n) is 4.61. The van der Waals surface area contributed by atoms with E-state index in [9.17, 15) is 8.42 Å². The van der Waals surface area contributed by atoms with Crippen molar-refractivity contribution in [3.05, 3.63) is 0 Å². The van der Waals surface area contributed by atoms with Crippen molar-refractivity contribution in [1.82, 2.24) is 10.2 Å². The van der Waals surface area contributed by atoms with Crippen molar-refractivity contribution in [1.29, 1.82) is 0 Å². The number of nitrogens with one attached hydrogen (secondary N) is 1. The van der Waals surface area contributed by atoms with E-state index in [2.05, 4.69) is 17.3 Å². The molecule has 1 saturated carbocycles. The summed E-state index contributed by atoms with van der Waals surface area (Å²) in [6.45, 7) is 4.38. The third-order valence-corrected chi connectivity index (χ3v) is 4.77. The maximum absolute atomic E-state index is 11.4. The highest BCUT2D eigenvalue weighted by Crippen LogP contribution is 2.24. The number of sulfone groups is 1. The van der Waals surface area contributed by atoms with Crippen LogP contribution in [-0.4, -0.2) is 57.5 Å². The molecule has 1 N–H and O–H groups in total. The van der Waals surface area contributed by atoms with Gasteiger partial charge in [-0.3, -0.25) is 0 Å². The van der Waals surface area contributed by atoms with Crippen LogP contribution in [0.3, 0.4) is 0 Å². The quantitative estimate of drug-likeness (QED) is 0.604. The van der Waals surface area contributed by atoms with Gasteiger partial charge in [0.25, 0.3) is 0 Å². The number of nitrogens with zero attached hydrogens (tertiary/aromatic N) is 1. The van der Waals surface area contributed by atoms with Gasteiger partial charge in [-0.2, -0.15) is 0 Å². The van der Waals surface area contributed by atoms with E-state index in [1.807, 2.05) is 6.92 Å². The molecule has 0 aromatic carbocycles. The van der Waals surface area contributed by atoms with Gasteiger partial charge >= 0.3 is 0 Å². The highest BCUT2D eigenvalue weighted by molar-refractivity contribution is 7.91. The van der Waals surface area contributed by atoms with Gasteiger partial charge in [0.2, 0.25) is 0 Å². The number of hydrogen-bond donors (Lipinski definition) is 1. The maximum atomic E-state index is 11.4. The molecule has 16 heavy (non-hydrogen) atoms. The van der Waals surface area contributed by atoms with Crippen molar-refractivity contribution in [3.63, 3.8) is 0 Å². The van der Waals surface area contributed by atoms with E-state index in [4.69, 9.17) is 0 Å². The zero-order valence-corrected chi connectivity index (χ0v) is 11.2. The zero-order chi connectivity index (χ0) is 12.0. The fourth-order valence-electron chi connectivity index (χ4n) is 1.72. The van der Waals surface area contributed by atoms with Gasteiger partial charge in [0.15, 0.2) is 9.84 Å². The van der Waals surface area contributed by atoms with Crippen LogP contribution in [0.15, 0.2) is 0 Å². The van der Waals surface area contributed by atoms with Crippen LogP contribution in [0.25, 0.3) is 0 Å². The highest BCUT2D eigenvalue weighted by Gasteiger charge is 2.25. The summed E-state index contributed by atoms with van der Waals surface area (Å²) in [5, 5.41) is 3.19. The van der Waals surface area contributed by atoms with Crippen LogP contribution >= 0.6 is 0 Å². The molecule has 0 bridgehead atoms. The second-order valence-corrected chi connectivity index (χ2v) is 6.92. The molecular formula is C11H24N2O2S. The first-order chi connectivity index (χ1) is 7.55. The lowest BCUT2D eigenvalue weighted by Gasteiger charge is -2.15. The molecule has 0 heterocycles. The Labute approximate surface area is 99.3 Å². The van der Waals surface area contributed by atoms with E-state index in [-0.39, 0.29) is 5.75 Å². The minimum Gasteiger partial charge on any atom is -0.314 e. The Morgan fingerprint density at radius 3 is 2.50 bits per heavy atom. The van der Waals surface area contributed by atoms with Crippen LogP contribution in [0.5, 0.6) is 0 Å². The van der Waals surface area contributed by atoms with Gasteiger partial charge in [0.1, 0.15) is 0 Å². The number of likely N-dealkylation sites (N-methyl/N-ethyl adjacent to an activating group) is 1. The molecule has 0 amide bonds. The molecule has 5 heteroatoms. The summed E-state index contributed by atoms with van der Waals surface area (Å²) >= 11 is 0. The summed E-state index contributed by atoms with van der Waals surface area (Å²) in [4.78, 5) is 2.34. The summed E-state index contributed by atoms with van der Waals surface area (Å²) in [6.07, 6.45) is 3.36. The fourth-order valence-corrected chi connectivity index (χ4v) is 3.00. The number of rotatable bonds is 9. The standard InChI is InChI=1S/C11H24N2O2S/c1-3-9-16(14,15)10-7-12-6-8-13(2)11-4-5-11/h11-12H,3-10H2,1-2H3. The molecule has 0 spiro atoms. The average Bonchev–Trinajstić information content (AvgIpc) is 2.99. The van der Waals surface area contributed by atoms with E-state index in [1.54, 1.807) is 0 Å². The fraction of sp³-hybridized carbons (Fsp3) is 1.00. The van der Waals surface area contributed by atoms with Crippen LogP contribution in [0.1, 0.15) is 26.2 Å². The Kier molecular flexibility index (Phi) is 5.72. The Hall–Kier alpha value is -0.130. The molecule has 0 aromatic heterocycles. The molecule has 0 aromatic rings. The minimum atomic E-state index is -2.81. The third-order valence-electron chi connectivity index (χ3n) is 2.92. The Balaban J connectivity index is 1.98. The van der Waals surface area contributed by atoms with Crippen LogP contribution in [-0.2, 0) is 9.84 Å². The smallest absolute Gasteiger partial charge is 0.151 e. The molecule has 1 aliphatic carbocycles. The van der Waals surface area contributed by atoms with Crippen LogP contribution in [0.2, 0.25) is 0 Å². The highest BCUT2D eigenvalue weighted by atomic mass is 32.2. The summed E-state index contributed by atoms with van der Waals surface area (Å²) in [7, 11) is -0.680. The molecule has 96 valence electrons. The SMILES string of the molecule is CCCS(=O)(=O)CCNCCN(C)C1CC1. The minimum absolute atomic E-state index is 0.272. The van der Waals surface area contributed by atoms with E-state index in [0.29, 0.717) is 18.7 Å². The van der Waals surface area contributed by atoms with Gasteiger partial charge in [-0.25, -0.2) is 8.42 Å². The van der Waals surface area contributed by atoms with Crippen molar-refractivity contribution in [2.75, 3.05) is 38.2 Å². The van der Waals surface area contributed by atoms with Crippen molar-refractivity contribution in [3.8, 4) is 0 Å². The predicted octanol–water partition coefficient (Wildman–Crippen LogP) is 0.495.